The lowest BCUT2D eigenvalue weighted by atomic mass is 10.1. The lowest BCUT2D eigenvalue weighted by Gasteiger charge is -2.20. The molecule has 3 rings (SSSR count). The first kappa shape index (κ1) is 20.0. The normalized spacial score (nSPS) is 14.9. The third-order valence-electron chi connectivity index (χ3n) is 4.95. The number of aromatic nitrogens is 2. The second-order valence-corrected chi connectivity index (χ2v) is 6.95. The van der Waals surface area contributed by atoms with Crippen LogP contribution in [0.1, 0.15) is 37.7 Å². The molecule has 0 amide bonds. The Morgan fingerprint density at radius 3 is 2.82 bits per heavy atom. The number of aliphatic imine (C=N–C) groups is 1. The molecule has 7 heteroatoms. The number of methoxy groups -OCH3 is 1. The maximum absolute atomic E-state index is 6.30. The third-order valence-corrected chi connectivity index (χ3v) is 4.95. The van der Waals surface area contributed by atoms with Crippen molar-refractivity contribution in [1.29, 1.82) is 0 Å². The molecule has 0 bridgehead atoms. The van der Waals surface area contributed by atoms with E-state index in [0.717, 1.165) is 55.4 Å². The van der Waals surface area contributed by atoms with Gasteiger partial charge in [-0.25, -0.2) is 0 Å². The van der Waals surface area contributed by atoms with Crippen molar-refractivity contribution >= 4 is 5.96 Å². The minimum Gasteiger partial charge on any atom is -0.493 e. The number of hydrogen-bond acceptors (Lipinski definition) is 4. The fraction of sp³-hybridized carbons (Fsp3) is 0.524. The summed E-state index contributed by atoms with van der Waals surface area (Å²) in [7, 11) is 3.47. The van der Waals surface area contributed by atoms with Crippen LogP contribution in [0.25, 0.3) is 0 Å². The van der Waals surface area contributed by atoms with Crippen LogP contribution in [0.2, 0.25) is 0 Å². The molecule has 0 saturated heterocycles. The van der Waals surface area contributed by atoms with Gasteiger partial charge in [-0.05, 0) is 44.2 Å². The molecule has 1 aliphatic rings. The third kappa shape index (κ3) is 5.65. The molecule has 0 unspecified atom stereocenters. The van der Waals surface area contributed by atoms with Crippen molar-refractivity contribution in [3.8, 4) is 11.5 Å². The van der Waals surface area contributed by atoms with Crippen molar-refractivity contribution in [3.63, 3.8) is 0 Å². The first-order valence-corrected chi connectivity index (χ1v) is 10.0. The highest BCUT2D eigenvalue weighted by Gasteiger charge is 2.20. The Kier molecular flexibility index (Phi) is 7.58. The van der Waals surface area contributed by atoms with E-state index in [1.165, 1.54) is 12.8 Å². The molecule has 1 aromatic carbocycles. The average molecular weight is 386 g/mol. The van der Waals surface area contributed by atoms with E-state index >= 15 is 0 Å². The summed E-state index contributed by atoms with van der Waals surface area (Å²) in [5.41, 5.74) is 1.07. The molecule has 2 aromatic rings. The monoisotopic (exact) mass is 385 g/mol. The van der Waals surface area contributed by atoms with Crippen LogP contribution >= 0.6 is 0 Å². The smallest absolute Gasteiger partial charge is 0.191 e. The van der Waals surface area contributed by atoms with E-state index in [1.807, 2.05) is 29.1 Å². The van der Waals surface area contributed by atoms with E-state index in [0.29, 0.717) is 6.54 Å². The first-order valence-electron chi connectivity index (χ1n) is 10.0. The summed E-state index contributed by atoms with van der Waals surface area (Å²) in [5.74, 6) is 2.40. The van der Waals surface area contributed by atoms with Crippen LogP contribution in [0.5, 0.6) is 11.5 Å². The number of hydrogen-bond donors (Lipinski definition) is 2. The van der Waals surface area contributed by atoms with Gasteiger partial charge in [-0.2, -0.15) is 5.10 Å². The van der Waals surface area contributed by atoms with Crippen LogP contribution < -0.4 is 20.1 Å². The van der Waals surface area contributed by atoms with Crippen molar-refractivity contribution in [2.24, 2.45) is 4.99 Å². The highest BCUT2D eigenvalue weighted by atomic mass is 16.5. The molecule has 7 nitrogen and oxygen atoms in total. The maximum atomic E-state index is 6.30. The number of aryl methyl sites for hydroxylation is 1. The van der Waals surface area contributed by atoms with Gasteiger partial charge in [-0.15, -0.1) is 0 Å². The zero-order valence-corrected chi connectivity index (χ0v) is 16.9. The molecule has 0 aliphatic heterocycles. The van der Waals surface area contributed by atoms with E-state index < -0.39 is 0 Å². The van der Waals surface area contributed by atoms with Gasteiger partial charge in [0.2, 0.25) is 0 Å². The summed E-state index contributed by atoms with van der Waals surface area (Å²) in [6, 6.07) is 7.96. The Balaban J connectivity index is 1.52. The zero-order valence-electron chi connectivity index (χ0n) is 16.9. The molecule has 0 spiro atoms. The highest BCUT2D eigenvalue weighted by molar-refractivity contribution is 5.79. The molecule has 1 fully saturated rings. The van der Waals surface area contributed by atoms with Crippen LogP contribution in [0.15, 0.2) is 41.7 Å². The minimum absolute atomic E-state index is 0.287. The largest absolute Gasteiger partial charge is 0.493 e. The second kappa shape index (κ2) is 10.6. The van der Waals surface area contributed by atoms with Gasteiger partial charge in [0.1, 0.15) is 0 Å². The number of nitrogens with one attached hydrogen (secondary N) is 2. The number of benzene rings is 1. The molecule has 152 valence electrons. The van der Waals surface area contributed by atoms with Crippen molar-refractivity contribution in [3.05, 3.63) is 42.2 Å². The van der Waals surface area contributed by atoms with Gasteiger partial charge in [0.25, 0.3) is 0 Å². The molecule has 0 radical (unpaired) electrons. The van der Waals surface area contributed by atoms with Crippen LogP contribution in [-0.2, 0) is 13.1 Å². The lowest BCUT2D eigenvalue weighted by Crippen LogP contribution is -2.37. The fourth-order valence-electron chi connectivity index (χ4n) is 3.45. The minimum atomic E-state index is 0.287. The fourth-order valence-corrected chi connectivity index (χ4v) is 3.45. The Hall–Kier alpha value is -2.70. The summed E-state index contributed by atoms with van der Waals surface area (Å²) in [4.78, 5) is 4.31. The summed E-state index contributed by atoms with van der Waals surface area (Å²) >= 11 is 0. The van der Waals surface area contributed by atoms with E-state index in [1.54, 1.807) is 20.4 Å². The van der Waals surface area contributed by atoms with Crippen molar-refractivity contribution in [1.82, 2.24) is 20.4 Å². The van der Waals surface area contributed by atoms with Crippen molar-refractivity contribution < 1.29 is 9.47 Å². The molecule has 1 heterocycles. The van der Waals surface area contributed by atoms with Crippen LogP contribution in [-0.4, -0.2) is 42.5 Å². The standard InChI is InChI=1S/C21H31N5O2/c1-22-21(23-12-6-14-26-15-7-13-25-26)24-16-17-8-5-11-19(27-2)20(17)28-18-9-3-4-10-18/h5,7-8,11,13,15,18H,3-4,6,9-10,12,14,16H2,1-2H3,(H2,22,23,24). The topological polar surface area (TPSA) is 72.7 Å². The van der Waals surface area contributed by atoms with Gasteiger partial charge < -0.3 is 20.1 Å². The van der Waals surface area contributed by atoms with E-state index in [2.05, 4.69) is 26.8 Å². The van der Waals surface area contributed by atoms with Gasteiger partial charge >= 0.3 is 0 Å². The molecule has 28 heavy (non-hydrogen) atoms. The van der Waals surface area contributed by atoms with Crippen molar-refractivity contribution in [2.45, 2.75) is 51.3 Å². The molecule has 2 N–H and O–H groups in total. The second-order valence-electron chi connectivity index (χ2n) is 6.95. The SMILES string of the molecule is CN=C(NCCCn1cccn1)NCc1cccc(OC)c1OC1CCCC1. The number of guanidine groups is 1. The van der Waals surface area contributed by atoms with Crippen LogP contribution in [0.4, 0.5) is 0 Å². The first-order chi connectivity index (χ1) is 13.8. The zero-order chi connectivity index (χ0) is 19.6. The molecular weight excluding hydrogens is 354 g/mol. The number of rotatable bonds is 9. The van der Waals surface area contributed by atoms with Crippen molar-refractivity contribution in [2.75, 3.05) is 20.7 Å². The predicted molar refractivity (Wildman–Crippen MR) is 111 cm³/mol. The Morgan fingerprint density at radius 2 is 2.11 bits per heavy atom. The Bertz CT molecular complexity index is 739. The maximum Gasteiger partial charge on any atom is 0.191 e. The summed E-state index contributed by atoms with van der Waals surface area (Å²) in [5, 5.41) is 10.9. The predicted octanol–water partition coefficient (Wildman–Crippen LogP) is 2.97. The number of nitrogens with zero attached hydrogens (tertiary/aromatic N) is 3. The van der Waals surface area contributed by atoms with Gasteiger partial charge in [-0.1, -0.05) is 12.1 Å². The van der Waals surface area contributed by atoms with E-state index in [4.69, 9.17) is 9.47 Å². The molecule has 0 atom stereocenters. The number of ether oxygens (including phenoxy) is 2. The van der Waals surface area contributed by atoms with Gasteiger partial charge in [0.05, 0.1) is 13.2 Å². The quantitative estimate of drug-likeness (QED) is 0.394. The molecule has 1 saturated carbocycles. The van der Waals surface area contributed by atoms with Gasteiger partial charge in [0, 0.05) is 44.6 Å². The summed E-state index contributed by atoms with van der Waals surface area (Å²) in [6.07, 6.45) is 9.74. The Labute approximate surface area is 167 Å². The van der Waals surface area contributed by atoms with Gasteiger partial charge in [0.15, 0.2) is 17.5 Å². The average Bonchev–Trinajstić information content (AvgIpc) is 3.42. The van der Waals surface area contributed by atoms with Gasteiger partial charge in [-0.3, -0.25) is 9.67 Å². The van der Waals surface area contributed by atoms with E-state index in [-0.39, 0.29) is 6.10 Å². The molecule has 1 aliphatic carbocycles. The number of para-hydroxylation sites is 1. The van der Waals surface area contributed by atoms with Crippen LogP contribution in [0.3, 0.4) is 0 Å². The highest BCUT2D eigenvalue weighted by Crippen LogP contribution is 2.34. The molecule has 1 aromatic heterocycles. The van der Waals surface area contributed by atoms with E-state index in [9.17, 15) is 0 Å². The summed E-state index contributed by atoms with van der Waals surface area (Å²) < 4.78 is 13.8. The van der Waals surface area contributed by atoms with Crippen LogP contribution in [0, 0.1) is 0 Å². The Morgan fingerprint density at radius 1 is 1.25 bits per heavy atom. The summed E-state index contributed by atoms with van der Waals surface area (Å²) in [6.45, 7) is 2.33. The molecular formula is C21H31N5O2. The lowest BCUT2D eigenvalue weighted by molar-refractivity contribution is 0.198.